The maximum Gasteiger partial charge on any atom is 0.0249 e. The minimum atomic E-state index is 0.702. The molecule has 0 bridgehead atoms. The van der Waals surface area contributed by atoms with Gasteiger partial charge in [0.25, 0.3) is 0 Å². The zero-order valence-electron chi connectivity index (χ0n) is 8.78. The van der Waals surface area contributed by atoms with E-state index in [1.54, 1.807) is 0 Å². The van der Waals surface area contributed by atoms with Gasteiger partial charge in [-0.05, 0) is 18.3 Å². The Morgan fingerprint density at radius 2 is 1.92 bits per heavy atom. The van der Waals surface area contributed by atoms with Crippen molar-refractivity contribution in [1.82, 2.24) is 0 Å². The van der Waals surface area contributed by atoms with Crippen LogP contribution in [0.2, 0.25) is 0 Å². The SMILES string of the molecule is CCCCC(CC)CC(C)CCl. The highest BCUT2D eigenvalue weighted by molar-refractivity contribution is 6.18. The smallest absolute Gasteiger partial charge is 0.0249 e. The van der Waals surface area contributed by atoms with Crippen molar-refractivity contribution in [3.8, 4) is 0 Å². The Morgan fingerprint density at radius 3 is 2.33 bits per heavy atom. The lowest BCUT2D eigenvalue weighted by molar-refractivity contribution is 0.368. The van der Waals surface area contributed by atoms with Crippen molar-refractivity contribution in [2.24, 2.45) is 11.8 Å². The van der Waals surface area contributed by atoms with E-state index in [1.807, 2.05) is 0 Å². The second-order valence-electron chi connectivity index (χ2n) is 3.91. The van der Waals surface area contributed by atoms with Crippen LogP contribution in [-0.4, -0.2) is 5.88 Å². The normalized spacial score (nSPS) is 16.0. The minimum absolute atomic E-state index is 0.702. The summed E-state index contributed by atoms with van der Waals surface area (Å²) >= 11 is 5.79. The molecular weight excluding hydrogens is 168 g/mol. The molecule has 1 heteroatoms. The highest BCUT2D eigenvalue weighted by Crippen LogP contribution is 2.21. The molecule has 2 unspecified atom stereocenters. The van der Waals surface area contributed by atoms with E-state index < -0.39 is 0 Å². The predicted octanol–water partition coefficient (Wildman–Crippen LogP) is 4.47. The summed E-state index contributed by atoms with van der Waals surface area (Å²) in [5, 5.41) is 0. The molecule has 2 atom stereocenters. The molecule has 0 aliphatic rings. The second-order valence-corrected chi connectivity index (χ2v) is 4.22. The highest BCUT2D eigenvalue weighted by Gasteiger charge is 2.09. The molecule has 0 heterocycles. The molecule has 0 aliphatic carbocycles. The van der Waals surface area contributed by atoms with Gasteiger partial charge in [-0.25, -0.2) is 0 Å². The zero-order valence-corrected chi connectivity index (χ0v) is 9.53. The van der Waals surface area contributed by atoms with Crippen molar-refractivity contribution in [2.75, 3.05) is 5.88 Å². The summed E-state index contributed by atoms with van der Waals surface area (Å²) < 4.78 is 0. The van der Waals surface area contributed by atoms with Crippen LogP contribution in [0.25, 0.3) is 0 Å². The second kappa shape index (κ2) is 7.91. The maximum absolute atomic E-state index is 5.79. The summed E-state index contributed by atoms with van der Waals surface area (Å²) in [5.41, 5.74) is 0. The van der Waals surface area contributed by atoms with E-state index in [2.05, 4.69) is 20.8 Å². The number of hydrogen-bond donors (Lipinski definition) is 0. The molecule has 0 rings (SSSR count). The van der Waals surface area contributed by atoms with Gasteiger partial charge in [-0.3, -0.25) is 0 Å². The Labute approximate surface area is 82.7 Å². The van der Waals surface area contributed by atoms with E-state index in [4.69, 9.17) is 11.6 Å². The van der Waals surface area contributed by atoms with Crippen LogP contribution < -0.4 is 0 Å². The van der Waals surface area contributed by atoms with Crippen LogP contribution in [0.1, 0.15) is 52.9 Å². The quantitative estimate of drug-likeness (QED) is 0.520. The van der Waals surface area contributed by atoms with E-state index in [-0.39, 0.29) is 0 Å². The lowest BCUT2D eigenvalue weighted by Crippen LogP contribution is -2.06. The van der Waals surface area contributed by atoms with Gasteiger partial charge < -0.3 is 0 Å². The summed E-state index contributed by atoms with van der Waals surface area (Å²) in [5.74, 6) is 2.44. The number of unbranched alkanes of at least 4 members (excludes halogenated alkanes) is 1. The van der Waals surface area contributed by atoms with E-state index in [0.717, 1.165) is 11.8 Å². The number of alkyl halides is 1. The van der Waals surface area contributed by atoms with E-state index in [1.165, 1.54) is 32.1 Å². The van der Waals surface area contributed by atoms with Gasteiger partial charge in [0.1, 0.15) is 0 Å². The van der Waals surface area contributed by atoms with Crippen LogP contribution in [0.4, 0.5) is 0 Å². The van der Waals surface area contributed by atoms with Crippen LogP contribution in [0.5, 0.6) is 0 Å². The van der Waals surface area contributed by atoms with E-state index in [9.17, 15) is 0 Å². The van der Waals surface area contributed by atoms with Crippen molar-refractivity contribution < 1.29 is 0 Å². The third-order valence-corrected chi connectivity index (χ3v) is 3.07. The lowest BCUT2D eigenvalue weighted by atomic mass is 9.90. The predicted molar refractivity (Wildman–Crippen MR) is 57.8 cm³/mol. The molecule has 0 aromatic carbocycles. The van der Waals surface area contributed by atoms with Crippen molar-refractivity contribution >= 4 is 11.6 Å². The van der Waals surface area contributed by atoms with E-state index >= 15 is 0 Å². The third kappa shape index (κ3) is 5.88. The summed E-state index contributed by atoms with van der Waals surface area (Å²) in [6.45, 7) is 6.81. The fourth-order valence-corrected chi connectivity index (χ4v) is 1.74. The molecule has 0 saturated carbocycles. The fraction of sp³-hybridized carbons (Fsp3) is 1.00. The third-order valence-electron chi connectivity index (χ3n) is 2.54. The average molecular weight is 191 g/mol. The highest BCUT2D eigenvalue weighted by atomic mass is 35.5. The minimum Gasteiger partial charge on any atom is -0.126 e. The van der Waals surface area contributed by atoms with Gasteiger partial charge in [0.2, 0.25) is 0 Å². The molecule has 74 valence electrons. The van der Waals surface area contributed by atoms with Crippen LogP contribution in [0, 0.1) is 11.8 Å². The van der Waals surface area contributed by atoms with Gasteiger partial charge in [0.15, 0.2) is 0 Å². The van der Waals surface area contributed by atoms with Crippen LogP contribution in [0.15, 0.2) is 0 Å². The molecule has 0 amide bonds. The summed E-state index contributed by atoms with van der Waals surface area (Å²) in [4.78, 5) is 0. The maximum atomic E-state index is 5.79. The van der Waals surface area contributed by atoms with Crippen LogP contribution in [0.3, 0.4) is 0 Å². The molecule has 0 spiro atoms. The fourth-order valence-electron chi connectivity index (χ4n) is 1.61. The van der Waals surface area contributed by atoms with Crippen molar-refractivity contribution in [1.29, 1.82) is 0 Å². The summed E-state index contributed by atoms with van der Waals surface area (Å²) in [6.07, 6.45) is 6.74. The first-order valence-electron chi connectivity index (χ1n) is 5.30. The molecule has 0 nitrogen and oxygen atoms in total. The molecule has 0 saturated heterocycles. The number of halogens is 1. The molecular formula is C11H23Cl. The van der Waals surface area contributed by atoms with E-state index in [0.29, 0.717) is 5.92 Å². The van der Waals surface area contributed by atoms with Gasteiger partial charge in [-0.15, -0.1) is 11.6 Å². The Hall–Kier alpha value is 0.290. The molecule has 0 aliphatic heterocycles. The first-order valence-corrected chi connectivity index (χ1v) is 5.83. The first kappa shape index (κ1) is 12.3. The van der Waals surface area contributed by atoms with Gasteiger partial charge in [-0.2, -0.15) is 0 Å². The molecule has 0 aromatic rings. The molecule has 0 fully saturated rings. The zero-order chi connectivity index (χ0) is 9.40. The van der Waals surface area contributed by atoms with Crippen molar-refractivity contribution in [3.05, 3.63) is 0 Å². The first-order chi connectivity index (χ1) is 5.74. The molecule has 0 N–H and O–H groups in total. The molecule has 0 aromatic heterocycles. The molecule has 0 radical (unpaired) electrons. The van der Waals surface area contributed by atoms with Crippen LogP contribution >= 0.6 is 11.6 Å². The van der Waals surface area contributed by atoms with Crippen LogP contribution in [-0.2, 0) is 0 Å². The molecule has 12 heavy (non-hydrogen) atoms. The van der Waals surface area contributed by atoms with Gasteiger partial charge in [-0.1, -0.05) is 46.5 Å². The standard InChI is InChI=1S/C11H23Cl/c1-4-6-7-11(5-2)8-10(3)9-12/h10-11H,4-9H2,1-3H3. The van der Waals surface area contributed by atoms with Crippen molar-refractivity contribution in [3.63, 3.8) is 0 Å². The number of hydrogen-bond acceptors (Lipinski definition) is 0. The largest absolute Gasteiger partial charge is 0.126 e. The van der Waals surface area contributed by atoms with Gasteiger partial charge in [0.05, 0.1) is 0 Å². The van der Waals surface area contributed by atoms with Gasteiger partial charge >= 0.3 is 0 Å². The average Bonchev–Trinajstić information content (AvgIpc) is 2.11. The summed E-state index contributed by atoms with van der Waals surface area (Å²) in [6, 6.07) is 0. The Kier molecular flexibility index (Phi) is 8.11. The Morgan fingerprint density at radius 1 is 1.25 bits per heavy atom. The Bertz CT molecular complexity index is 91.0. The number of rotatable bonds is 7. The monoisotopic (exact) mass is 190 g/mol. The van der Waals surface area contributed by atoms with Crippen molar-refractivity contribution in [2.45, 2.75) is 52.9 Å². The topological polar surface area (TPSA) is 0 Å². The summed E-state index contributed by atoms with van der Waals surface area (Å²) in [7, 11) is 0. The van der Waals surface area contributed by atoms with Gasteiger partial charge in [0, 0.05) is 5.88 Å². The lowest BCUT2D eigenvalue weighted by Gasteiger charge is -2.17. The Balaban J connectivity index is 3.51.